The number of carbonyl (C=O) groups is 2. The third kappa shape index (κ3) is 11.5. The number of Topliss-reactive ketones (excluding diaryl/α,β-unsaturated/α-hetero) is 1. The Bertz CT molecular complexity index is 1040. The SMILES string of the molecule is C=C(C)COC.CC.CO.COc1ccc2c(C(=O)/C(C)=C/C(C)OC)[nH]nc2c1C#CC(=O)O. The number of fused-ring (bicyclic) bond motifs is 1. The molecule has 1 heterocycles. The molecule has 9 nitrogen and oxygen atoms in total. The molecule has 0 spiro atoms. The van der Waals surface area contributed by atoms with E-state index in [1.54, 1.807) is 39.4 Å². The van der Waals surface area contributed by atoms with Crippen molar-refractivity contribution >= 4 is 22.7 Å². The zero-order valence-electron chi connectivity index (χ0n) is 22.1. The summed E-state index contributed by atoms with van der Waals surface area (Å²) in [6.45, 7) is 13.8. The number of aliphatic carboxylic acids is 1. The van der Waals surface area contributed by atoms with Gasteiger partial charge in [-0.2, -0.15) is 5.10 Å². The number of ketones is 1. The summed E-state index contributed by atoms with van der Waals surface area (Å²) in [6, 6.07) is 3.31. The molecule has 0 aliphatic carbocycles. The third-order valence-electron chi connectivity index (χ3n) is 4.04. The molecule has 0 aliphatic rings. The number of H-pyrrole nitrogens is 1. The van der Waals surface area contributed by atoms with Crippen LogP contribution in [0.3, 0.4) is 0 Å². The minimum atomic E-state index is -1.27. The van der Waals surface area contributed by atoms with E-state index in [0.717, 1.165) is 12.7 Å². The molecule has 0 aliphatic heterocycles. The lowest BCUT2D eigenvalue weighted by atomic mass is 10.0. The van der Waals surface area contributed by atoms with E-state index in [2.05, 4.69) is 22.7 Å². The summed E-state index contributed by atoms with van der Waals surface area (Å²) in [4.78, 5) is 23.4. The van der Waals surface area contributed by atoms with Crippen LogP contribution in [0.15, 0.2) is 35.9 Å². The number of hydrogen-bond donors (Lipinski definition) is 3. The van der Waals surface area contributed by atoms with Crippen molar-refractivity contribution < 1.29 is 34.0 Å². The first-order chi connectivity index (χ1) is 16.7. The largest absolute Gasteiger partial charge is 0.495 e. The molecule has 0 radical (unpaired) electrons. The number of aromatic amines is 1. The Morgan fingerprint density at radius 1 is 1.20 bits per heavy atom. The second-order valence-corrected chi connectivity index (χ2v) is 6.70. The number of carbonyl (C=O) groups excluding carboxylic acids is 1. The first-order valence-electron chi connectivity index (χ1n) is 10.8. The smallest absolute Gasteiger partial charge is 0.382 e. The van der Waals surface area contributed by atoms with Gasteiger partial charge in [0.2, 0.25) is 5.78 Å². The maximum atomic E-state index is 12.6. The van der Waals surface area contributed by atoms with Gasteiger partial charge in [-0.25, -0.2) is 4.79 Å². The molecule has 0 fully saturated rings. The van der Waals surface area contributed by atoms with E-state index in [0.29, 0.717) is 40.1 Å². The lowest BCUT2D eigenvalue weighted by molar-refractivity contribution is -0.130. The highest BCUT2D eigenvalue weighted by molar-refractivity contribution is 6.15. The van der Waals surface area contributed by atoms with E-state index in [-0.39, 0.29) is 11.9 Å². The highest BCUT2D eigenvalue weighted by atomic mass is 16.5. The van der Waals surface area contributed by atoms with E-state index >= 15 is 0 Å². The lowest BCUT2D eigenvalue weighted by Crippen LogP contribution is -2.07. The van der Waals surface area contributed by atoms with E-state index in [1.165, 1.54) is 7.11 Å². The van der Waals surface area contributed by atoms with Gasteiger partial charge in [0.25, 0.3) is 0 Å². The van der Waals surface area contributed by atoms with E-state index in [4.69, 9.17) is 24.4 Å². The molecule has 1 unspecified atom stereocenters. The summed E-state index contributed by atoms with van der Waals surface area (Å²) in [5.74, 6) is 3.46. The summed E-state index contributed by atoms with van der Waals surface area (Å²) in [7, 11) is 5.67. The second kappa shape index (κ2) is 18.9. The Balaban J connectivity index is 0. The van der Waals surface area contributed by atoms with Gasteiger partial charge < -0.3 is 24.4 Å². The van der Waals surface area contributed by atoms with Gasteiger partial charge in [-0.15, -0.1) is 0 Å². The van der Waals surface area contributed by atoms with Gasteiger partial charge in [-0.1, -0.05) is 26.0 Å². The molecule has 1 atom stereocenters. The predicted molar refractivity (Wildman–Crippen MR) is 138 cm³/mol. The number of benzene rings is 1. The van der Waals surface area contributed by atoms with Gasteiger partial charge in [0.15, 0.2) is 0 Å². The fourth-order valence-corrected chi connectivity index (χ4v) is 2.58. The number of rotatable bonds is 7. The van der Waals surface area contributed by atoms with E-state index in [1.807, 2.05) is 33.6 Å². The zero-order valence-corrected chi connectivity index (χ0v) is 22.1. The summed E-state index contributed by atoms with van der Waals surface area (Å²) in [5, 5.41) is 23.1. The molecule has 0 saturated heterocycles. The van der Waals surface area contributed by atoms with Crippen molar-refractivity contribution in [3.8, 4) is 17.6 Å². The highest BCUT2D eigenvalue weighted by Gasteiger charge is 2.19. The molecule has 9 heteroatoms. The number of aliphatic hydroxyl groups excluding tert-OH is 1. The maximum absolute atomic E-state index is 12.6. The van der Waals surface area contributed by atoms with Gasteiger partial charge in [0.05, 0.1) is 25.4 Å². The van der Waals surface area contributed by atoms with Crippen molar-refractivity contribution in [2.24, 2.45) is 0 Å². The van der Waals surface area contributed by atoms with Crippen LogP contribution in [-0.4, -0.2) is 73.3 Å². The number of allylic oxidation sites excluding steroid dienone is 1. The summed E-state index contributed by atoms with van der Waals surface area (Å²) >= 11 is 0. The fraction of sp³-hybridized carbons (Fsp3) is 0.423. The van der Waals surface area contributed by atoms with Crippen LogP contribution in [0.5, 0.6) is 5.75 Å². The van der Waals surface area contributed by atoms with Crippen molar-refractivity contribution in [2.75, 3.05) is 35.0 Å². The molecule has 0 bridgehead atoms. The Morgan fingerprint density at radius 2 is 1.80 bits per heavy atom. The van der Waals surface area contributed by atoms with Crippen LogP contribution in [0.4, 0.5) is 0 Å². The molecule has 194 valence electrons. The number of hydrogen-bond acceptors (Lipinski definition) is 7. The first kappa shape index (κ1) is 33.7. The second-order valence-electron chi connectivity index (χ2n) is 6.70. The van der Waals surface area contributed by atoms with E-state index in [9.17, 15) is 9.59 Å². The Labute approximate surface area is 207 Å². The summed E-state index contributed by atoms with van der Waals surface area (Å²) < 4.78 is 15.0. The highest BCUT2D eigenvalue weighted by Crippen LogP contribution is 2.28. The zero-order chi connectivity index (χ0) is 27.6. The van der Waals surface area contributed by atoms with Crippen LogP contribution in [0.1, 0.15) is 50.7 Å². The van der Waals surface area contributed by atoms with Crippen LogP contribution >= 0.6 is 0 Å². The number of aliphatic hydroxyl groups is 1. The van der Waals surface area contributed by atoms with E-state index < -0.39 is 5.97 Å². The van der Waals surface area contributed by atoms with Gasteiger partial charge in [0, 0.05) is 32.6 Å². The van der Waals surface area contributed by atoms with Gasteiger partial charge in [-0.3, -0.25) is 9.89 Å². The average Bonchev–Trinajstić information content (AvgIpc) is 3.28. The molecular weight excluding hydrogens is 452 g/mol. The van der Waals surface area contributed by atoms with Crippen molar-refractivity contribution in [1.29, 1.82) is 0 Å². The predicted octanol–water partition coefficient (Wildman–Crippen LogP) is 4.02. The number of ether oxygens (including phenoxy) is 3. The molecule has 2 aromatic rings. The number of methoxy groups -OCH3 is 3. The Hall–Kier alpha value is -3.45. The minimum Gasteiger partial charge on any atom is -0.495 e. The van der Waals surface area contributed by atoms with Crippen molar-refractivity contribution in [1.82, 2.24) is 10.2 Å². The lowest BCUT2D eigenvalue weighted by Gasteiger charge is -2.06. The molecule has 35 heavy (non-hydrogen) atoms. The summed E-state index contributed by atoms with van der Waals surface area (Å²) in [6.07, 6.45) is 1.51. The minimum absolute atomic E-state index is 0.199. The van der Waals surface area contributed by atoms with Crippen LogP contribution in [0, 0.1) is 11.8 Å². The number of carboxylic acid groups (broad SMARTS) is 1. The first-order valence-corrected chi connectivity index (χ1v) is 10.8. The Morgan fingerprint density at radius 3 is 2.23 bits per heavy atom. The van der Waals surface area contributed by atoms with Gasteiger partial charge in [0.1, 0.15) is 17.0 Å². The topological polar surface area (TPSA) is 131 Å². The van der Waals surface area contributed by atoms with Crippen LogP contribution in [0.25, 0.3) is 10.9 Å². The number of carboxylic acids is 1. The molecule has 1 aromatic carbocycles. The molecule has 0 amide bonds. The molecule has 3 N–H and O–H groups in total. The Kier molecular flexibility index (Phi) is 18.2. The van der Waals surface area contributed by atoms with Crippen LogP contribution < -0.4 is 4.74 Å². The molecule has 1 aromatic heterocycles. The van der Waals surface area contributed by atoms with Crippen molar-refractivity contribution in [3.63, 3.8) is 0 Å². The summed E-state index contributed by atoms with van der Waals surface area (Å²) in [5.41, 5.74) is 2.56. The monoisotopic (exact) mass is 490 g/mol. The fourth-order valence-electron chi connectivity index (χ4n) is 2.58. The molecule has 2 rings (SSSR count). The standard InChI is InChI=1S/C18H18N2O5.C5H10O.C2H6.CH4O/c1-10(9-11(2)24-3)18(23)17-13-5-7-14(25-4)12(6-8-15(21)22)16(13)19-20-17;1-5(2)4-6-3;2*1-2/h5,7,9,11H,1-4H3,(H,19,20)(H,21,22);1,4H2,2-3H3;1-2H3;2H,1H3/b10-9+;;;. The molecule has 0 saturated carbocycles. The van der Waals surface area contributed by atoms with Crippen molar-refractivity contribution in [3.05, 3.63) is 47.2 Å². The van der Waals surface area contributed by atoms with Gasteiger partial charge in [-0.05, 0) is 50.5 Å². The maximum Gasteiger partial charge on any atom is 0.382 e. The van der Waals surface area contributed by atoms with Crippen molar-refractivity contribution in [2.45, 2.75) is 40.7 Å². The number of nitrogens with zero attached hydrogens (tertiary/aromatic N) is 1. The van der Waals surface area contributed by atoms with Gasteiger partial charge >= 0.3 is 5.97 Å². The van der Waals surface area contributed by atoms with Crippen LogP contribution in [0.2, 0.25) is 0 Å². The van der Waals surface area contributed by atoms with Crippen LogP contribution in [-0.2, 0) is 14.3 Å². The normalized spacial score (nSPS) is 10.6. The number of aromatic nitrogens is 2. The molecular formula is C26H38N2O7. The third-order valence-corrected chi connectivity index (χ3v) is 4.04. The quantitative estimate of drug-likeness (QED) is 0.230. The number of nitrogens with one attached hydrogen (secondary N) is 1. The average molecular weight is 491 g/mol.